The maximum Gasteiger partial charge on any atom is 0.249 e. The zero-order valence-corrected chi connectivity index (χ0v) is 28.1. The third-order valence-corrected chi connectivity index (χ3v) is 8.63. The molecule has 0 heterocycles. The molecule has 3 unspecified atom stereocenters. The number of nitrogens with one attached hydrogen (secondary N) is 1. The van der Waals surface area contributed by atoms with E-state index >= 15 is 0 Å². The number of hydrogen-bond donors (Lipinski definition) is 4. The van der Waals surface area contributed by atoms with Crippen LogP contribution in [0.2, 0.25) is 0 Å². The predicted octanol–water partition coefficient (Wildman–Crippen LogP) is 9.70. The summed E-state index contributed by atoms with van der Waals surface area (Å²) in [4.78, 5) is 12.4. The molecule has 0 aliphatic rings. The third kappa shape index (κ3) is 27.9. The van der Waals surface area contributed by atoms with Gasteiger partial charge in [-0.3, -0.25) is 4.79 Å². The van der Waals surface area contributed by atoms with Gasteiger partial charge in [0, 0.05) is 0 Å². The second-order valence-corrected chi connectivity index (χ2v) is 12.8. The second kappa shape index (κ2) is 33.0. The Morgan fingerprint density at radius 2 is 0.905 bits per heavy atom. The summed E-state index contributed by atoms with van der Waals surface area (Å²) >= 11 is 0. The van der Waals surface area contributed by atoms with Crippen LogP contribution in [0.15, 0.2) is 12.2 Å². The summed E-state index contributed by atoms with van der Waals surface area (Å²) in [6.07, 6.45) is 36.2. The van der Waals surface area contributed by atoms with Crippen molar-refractivity contribution in [1.29, 1.82) is 0 Å². The first-order valence-corrected chi connectivity index (χ1v) is 18.5. The van der Waals surface area contributed by atoms with Crippen LogP contribution in [0.25, 0.3) is 0 Å². The van der Waals surface area contributed by atoms with E-state index in [1.54, 1.807) is 0 Å². The number of amides is 1. The molecule has 0 fully saturated rings. The average Bonchev–Trinajstić information content (AvgIpc) is 2.99. The monoisotopic (exact) mass is 596 g/mol. The van der Waals surface area contributed by atoms with Crippen molar-refractivity contribution < 1.29 is 20.1 Å². The molecule has 42 heavy (non-hydrogen) atoms. The van der Waals surface area contributed by atoms with E-state index in [1.165, 1.54) is 135 Å². The summed E-state index contributed by atoms with van der Waals surface area (Å²) in [5.41, 5.74) is 0. The van der Waals surface area contributed by atoms with Gasteiger partial charge in [0.15, 0.2) is 0 Å². The van der Waals surface area contributed by atoms with Gasteiger partial charge in [-0.2, -0.15) is 0 Å². The number of rotatable bonds is 33. The zero-order valence-electron chi connectivity index (χ0n) is 28.1. The molecule has 250 valence electrons. The Morgan fingerprint density at radius 3 is 1.33 bits per heavy atom. The minimum absolute atomic E-state index is 0.313. The lowest BCUT2D eigenvalue weighted by atomic mass is 10.0. The van der Waals surface area contributed by atoms with Gasteiger partial charge in [0.25, 0.3) is 0 Å². The molecule has 5 nitrogen and oxygen atoms in total. The summed E-state index contributed by atoms with van der Waals surface area (Å²) < 4.78 is 0. The molecule has 0 aromatic rings. The van der Waals surface area contributed by atoms with E-state index in [1.807, 2.05) is 0 Å². The SMILES string of the molecule is CCCCCC/C=C\CCCCCCCCC(O)C(=O)NC(CO)C(O)CCCCCCCCCCCCCCCC. The number of allylic oxidation sites excluding steroid dienone is 2. The topological polar surface area (TPSA) is 89.8 Å². The summed E-state index contributed by atoms with van der Waals surface area (Å²) in [7, 11) is 0. The quantitative estimate of drug-likeness (QED) is 0.0449. The van der Waals surface area contributed by atoms with E-state index in [0.29, 0.717) is 12.8 Å². The van der Waals surface area contributed by atoms with Crippen LogP contribution in [-0.4, -0.2) is 46.1 Å². The second-order valence-electron chi connectivity index (χ2n) is 12.8. The third-order valence-electron chi connectivity index (χ3n) is 8.63. The fourth-order valence-corrected chi connectivity index (χ4v) is 5.65. The first kappa shape index (κ1) is 41.1. The Bertz CT molecular complexity index is 582. The lowest BCUT2D eigenvalue weighted by Crippen LogP contribution is -2.49. The van der Waals surface area contributed by atoms with Crippen molar-refractivity contribution in [2.45, 2.75) is 212 Å². The smallest absolute Gasteiger partial charge is 0.249 e. The maximum absolute atomic E-state index is 12.4. The highest BCUT2D eigenvalue weighted by Crippen LogP contribution is 2.15. The van der Waals surface area contributed by atoms with Crippen molar-refractivity contribution in [1.82, 2.24) is 5.32 Å². The highest BCUT2D eigenvalue weighted by molar-refractivity contribution is 5.80. The maximum atomic E-state index is 12.4. The number of unbranched alkanes of at least 4 members (excludes halogenated alkanes) is 23. The molecule has 0 aliphatic carbocycles. The molecule has 0 aromatic carbocycles. The fraction of sp³-hybridized carbons (Fsp3) is 0.919. The largest absolute Gasteiger partial charge is 0.394 e. The molecule has 1 amide bonds. The molecule has 3 atom stereocenters. The molecule has 0 radical (unpaired) electrons. The van der Waals surface area contributed by atoms with Gasteiger partial charge in [0.05, 0.1) is 18.8 Å². The number of aliphatic hydroxyl groups is 3. The Labute approximate surface area is 261 Å². The summed E-state index contributed by atoms with van der Waals surface area (Å²) in [6, 6.07) is -0.709. The molecule has 0 rings (SSSR count). The fourth-order valence-electron chi connectivity index (χ4n) is 5.65. The minimum atomic E-state index is -1.07. The summed E-state index contributed by atoms with van der Waals surface area (Å²) in [5, 5.41) is 33.1. The van der Waals surface area contributed by atoms with E-state index in [-0.39, 0.29) is 6.61 Å². The van der Waals surface area contributed by atoms with Crippen molar-refractivity contribution >= 4 is 5.91 Å². The highest BCUT2D eigenvalue weighted by Gasteiger charge is 2.23. The molecular formula is C37H73NO4. The molecule has 0 saturated heterocycles. The van der Waals surface area contributed by atoms with Gasteiger partial charge < -0.3 is 20.6 Å². The van der Waals surface area contributed by atoms with E-state index in [0.717, 1.165) is 32.1 Å². The van der Waals surface area contributed by atoms with Crippen LogP contribution in [-0.2, 0) is 4.79 Å². The van der Waals surface area contributed by atoms with E-state index in [9.17, 15) is 20.1 Å². The Hall–Kier alpha value is -0.910. The molecule has 0 aromatic heterocycles. The molecule has 0 saturated carbocycles. The van der Waals surface area contributed by atoms with Crippen LogP contribution in [0.4, 0.5) is 0 Å². The van der Waals surface area contributed by atoms with E-state index in [2.05, 4.69) is 31.3 Å². The summed E-state index contributed by atoms with van der Waals surface area (Å²) in [5.74, 6) is -0.476. The molecule has 0 spiro atoms. The Morgan fingerprint density at radius 1 is 0.548 bits per heavy atom. The van der Waals surface area contributed by atoms with Crippen molar-refractivity contribution in [3.8, 4) is 0 Å². The zero-order chi connectivity index (χ0) is 30.9. The lowest BCUT2D eigenvalue weighted by Gasteiger charge is -2.23. The van der Waals surface area contributed by atoms with E-state index in [4.69, 9.17) is 0 Å². The highest BCUT2D eigenvalue weighted by atomic mass is 16.3. The molecule has 4 N–H and O–H groups in total. The van der Waals surface area contributed by atoms with Crippen LogP contribution in [0.1, 0.15) is 194 Å². The Kier molecular flexibility index (Phi) is 32.3. The lowest BCUT2D eigenvalue weighted by molar-refractivity contribution is -0.131. The van der Waals surface area contributed by atoms with Gasteiger partial charge in [0.2, 0.25) is 5.91 Å². The minimum Gasteiger partial charge on any atom is -0.394 e. The standard InChI is InChI=1S/C37H73NO4/c1-3-5-7-9-11-13-15-17-19-21-23-25-27-29-31-35(40)34(33-39)38-37(42)36(41)32-30-28-26-24-22-20-18-16-14-12-10-8-6-4-2/h14,16,34-36,39-41H,3-13,15,17-33H2,1-2H3,(H,38,42)/b16-14-. The van der Waals surface area contributed by atoms with Crippen LogP contribution in [0.3, 0.4) is 0 Å². The van der Waals surface area contributed by atoms with Crippen LogP contribution in [0.5, 0.6) is 0 Å². The molecule has 0 bridgehead atoms. The van der Waals surface area contributed by atoms with Gasteiger partial charge in [-0.1, -0.05) is 167 Å². The van der Waals surface area contributed by atoms with Gasteiger partial charge in [0.1, 0.15) is 6.10 Å². The Balaban J connectivity index is 3.69. The normalized spacial score (nSPS) is 13.9. The molecular weight excluding hydrogens is 522 g/mol. The number of hydrogen-bond acceptors (Lipinski definition) is 4. The first-order chi connectivity index (χ1) is 20.6. The van der Waals surface area contributed by atoms with Crippen molar-refractivity contribution in [3.05, 3.63) is 12.2 Å². The van der Waals surface area contributed by atoms with Crippen LogP contribution >= 0.6 is 0 Å². The first-order valence-electron chi connectivity index (χ1n) is 18.5. The van der Waals surface area contributed by atoms with Crippen molar-refractivity contribution in [3.63, 3.8) is 0 Å². The van der Waals surface area contributed by atoms with Gasteiger partial charge in [-0.15, -0.1) is 0 Å². The number of carbonyl (C=O) groups excluding carboxylic acids is 1. The van der Waals surface area contributed by atoms with E-state index < -0.39 is 24.2 Å². The number of aliphatic hydroxyl groups excluding tert-OH is 3. The molecule has 0 aliphatic heterocycles. The van der Waals surface area contributed by atoms with Crippen LogP contribution in [0, 0.1) is 0 Å². The average molecular weight is 596 g/mol. The van der Waals surface area contributed by atoms with Gasteiger partial charge in [-0.25, -0.2) is 0 Å². The van der Waals surface area contributed by atoms with Crippen molar-refractivity contribution in [2.24, 2.45) is 0 Å². The van der Waals surface area contributed by atoms with Crippen molar-refractivity contribution in [2.75, 3.05) is 6.61 Å². The summed E-state index contributed by atoms with van der Waals surface area (Å²) in [6.45, 7) is 4.20. The van der Waals surface area contributed by atoms with Gasteiger partial charge in [-0.05, 0) is 38.5 Å². The molecule has 5 heteroatoms. The predicted molar refractivity (Wildman–Crippen MR) is 181 cm³/mol. The van der Waals surface area contributed by atoms with Gasteiger partial charge >= 0.3 is 0 Å². The number of carbonyl (C=O) groups is 1. The van der Waals surface area contributed by atoms with Crippen LogP contribution < -0.4 is 5.32 Å².